The van der Waals surface area contributed by atoms with Crippen molar-refractivity contribution in [3.63, 3.8) is 0 Å². The zero-order valence-electron chi connectivity index (χ0n) is 7.51. The Hall–Kier alpha value is -0.0500. The van der Waals surface area contributed by atoms with E-state index in [9.17, 15) is 0 Å². The van der Waals surface area contributed by atoms with Crippen LogP contribution in [0.25, 0.3) is 0 Å². The Bertz CT molecular complexity index is 255. The molecule has 0 bridgehead atoms. The summed E-state index contributed by atoms with van der Waals surface area (Å²) in [5.74, 6) is 0. The minimum Gasteiger partial charge on any atom is -1.00 e. The van der Waals surface area contributed by atoms with Crippen LogP contribution in [0.3, 0.4) is 0 Å². The van der Waals surface area contributed by atoms with Crippen molar-refractivity contribution in [3.8, 4) is 0 Å². The van der Waals surface area contributed by atoms with Crippen molar-refractivity contribution < 1.29 is 17.0 Å². The Morgan fingerprint density at radius 2 is 1.58 bits per heavy atom. The summed E-state index contributed by atoms with van der Waals surface area (Å²) in [7, 11) is 6.30. The third-order valence-corrected chi connectivity index (χ3v) is 1.89. The van der Waals surface area contributed by atoms with Crippen molar-refractivity contribution in [1.29, 1.82) is 0 Å². The van der Waals surface area contributed by atoms with Gasteiger partial charge in [-0.3, -0.25) is 4.48 Å². The van der Waals surface area contributed by atoms with Crippen LogP contribution in [0.15, 0.2) is 24.3 Å². The van der Waals surface area contributed by atoms with E-state index < -0.39 is 0 Å². The Balaban J connectivity index is 0.00000121. The topological polar surface area (TPSA) is 0 Å². The molecular formula is C9H13BrClN. The quantitative estimate of drug-likeness (QED) is 0.592. The molecule has 0 saturated heterocycles. The van der Waals surface area contributed by atoms with Crippen molar-refractivity contribution >= 4 is 17.3 Å². The summed E-state index contributed by atoms with van der Waals surface area (Å²) in [6.45, 7) is 0. The van der Waals surface area contributed by atoms with Crippen LogP contribution in [-0.2, 0) is 0 Å². The van der Waals surface area contributed by atoms with E-state index in [1.165, 1.54) is 0 Å². The van der Waals surface area contributed by atoms with Crippen LogP contribution in [0.1, 0.15) is 0 Å². The minimum atomic E-state index is 0. The van der Waals surface area contributed by atoms with Gasteiger partial charge in [0.2, 0.25) is 0 Å². The molecule has 0 aliphatic rings. The number of hydrogen-bond donors (Lipinski definition) is 0. The highest BCUT2D eigenvalue weighted by Crippen LogP contribution is 2.26. The van der Waals surface area contributed by atoms with Gasteiger partial charge < -0.3 is 17.0 Å². The van der Waals surface area contributed by atoms with Gasteiger partial charge in [0.15, 0.2) is 5.69 Å². The molecule has 12 heavy (non-hydrogen) atoms. The Morgan fingerprint density at radius 3 is 1.92 bits per heavy atom. The van der Waals surface area contributed by atoms with E-state index in [-0.39, 0.29) is 17.0 Å². The maximum atomic E-state index is 5.99. The molecule has 1 aromatic carbocycles. The number of halogens is 2. The average Bonchev–Trinajstić information content (AvgIpc) is 1.86. The molecule has 1 rings (SSSR count). The smallest absolute Gasteiger partial charge is 0.151 e. The second-order valence-corrected chi connectivity index (χ2v) is 3.87. The number of quaternary nitrogens is 1. The number of nitrogens with zero attached hydrogens (tertiary/aromatic N) is 1. The highest BCUT2D eigenvalue weighted by Gasteiger charge is 2.14. The predicted molar refractivity (Wildman–Crippen MR) is 51.0 cm³/mol. The van der Waals surface area contributed by atoms with E-state index in [0.717, 1.165) is 15.2 Å². The van der Waals surface area contributed by atoms with Gasteiger partial charge in [-0.2, -0.15) is 0 Å². The van der Waals surface area contributed by atoms with Crippen molar-refractivity contribution in [2.24, 2.45) is 0 Å². The van der Waals surface area contributed by atoms with E-state index in [2.05, 4.69) is 21.1 Å². The first-order valence-electron chi connectivity index (χ1n) is 3.58. The monoisotopic (exact) mass is 249 g/mol. The highest BCUT2D eigenvalue weighted by atomic mass is 79.9. The predicted octanol–water partition coefficient (Wildman–Crippen LogP) is -0.459. The van der Waals surface area contributed by atoms with Crippen LogP contribution in [-0.4, -0.2) is 21.1 Å². The molecule has 0 fully saturated rings. The molecule has 0 N–H and O–H groups in total. The largest absolute Gasteiger partial charge is 1.00 e. The van der Waals surface area contributed by atoms with E-state index in [1.54, 1.807) is 0 Å². The molecule has 3 heteroatoms. The molecule has 1 aromatic rings. The fourth-order valence-corrected chi connectivity index (χ4v) is 1.39. The molecule has 0 aromatic heterocycles. The second kappa shape index (κ2) is 4.26. The van der Waals surface area contributed by atoms with E-state index in [1.807, 2.05) is 24.3 Å². The van der Waals surface area contributed by atoms with Gasteiger partial charge in [-0.25, -0.2) is 0 Å². The number of hydrogen-bond acceptors (Lipinski definition) is 0. The summed E-state index contributed by atoms with van der Waals surface area (Å²) in [5, 5.41) is 0.833. The number of benzene rings is 1. The summed E-state index contributed by atoms with van der Waals surface area (Å²) in [6, 6.07) is 7.91. The normalized spacial score (nSPS) is 10.7. The van der Waals surface area contributed by atoms with E-state index in [0.29, 0.717) is 0 Å². The summed E-state index contributed by atoms with van der Waals surface area (Å²) in [5.41, 5.74) is 1.15. The first kappa shape index (κ1) is 11.9. The summed E-state index contributed by atoms with van der Waals surface area (Å²) >= 11 is 5.99. The van der Waals surface area contributed by atoms with Gasteiger partial charge in [-0.15, -0.1) is 0 Å². The third kappa shape index (κ3) is 2.77. The van der Waals surface area contributed by atoms with Gasteiger partial charge in [-0.1, -0.05) is 23.7 Å². The standard InChI is InChI=1S/C9H13ClN.BrH/c1-11(2,3)9-7-5-4-6-8(9)10;/h4-7H,1-3H3;1H/q+1;/p-1. The summed E-state index contributed by atoms with van der Waals surface area (Å²) in [6.07, 6.45) is 0. The molecule has 0 aliphatic carbocycles. The van der Waals surface area contributed by atoms with Crippen molar-refractivity contribution in [3.05, 3.63) is 29.3 Å². The fraction of sp³-hybridized carbons (Fsp3) is 0.333. The summed E-state index contributed by atoms with van der Waals surface area (Å²) in [4.78, 5) is 0. The zero-order valence-corrected chi connectivity index (χ0v) is 9.85. The lowest BCUT2D eigenvalue weighted by Gasteiger charge is -2.24. The molecule has 0 amide bonds. The van der Waals surface area contributed by atoms with Crippen LogP contribution < -0.4 is 21.5 Å². The molecule has 0 unspecified atom stereocenters. The molecule has 0 radical (unpaired) electrons. The van der Waals surface area contributed by atoms with Gasteiger partial charge in [0.1, 0.15) is 5.02 Å². The lowest BCUT2D eigenvalue weighted by Crippen LogP contribution is -3.00. The minimum absolute atomic E-state index is 0. The van der Waals surface area contributed by atoms with Crippen LogP contribution in [0, 0.1) is 0 Å². The van der Waals surface area contributed by atoms with E-state index >= 15 is 0 Å². The van der Waals surface area contributed by atoms with Gasteiger partial charge in [0, 0.05) is 6.07 Å². The zero-order chi connectivity index (χ0) is 8.48. The first-order valence-corrected chi connectivity index (χ1v) is 3.96. The fourth-order valence-electron chi connectivity index (χ4n) is 0.996. The molecule has 0 heterocycles. The maximum Gasteiger partial charge on any atom is 0.151 e. The van der Waals surface area contributed by atoms with Crippen molar-refractivity contribution in [2.75, 3.05) is 21.1 Å². The molecule has 0 aliphatic heterocycles. The lowest BCUT2D eigenvalue weighted by molar-refractivity contribution is -0.00000246. The second-order valence-electron chi connectivity index (χ2n) is 3.46. The maximum absolute atomic E-state index is 5.99. The van der Waals surface area contributed by atoms with Gasteiger partial charge in [-0.05, 0) is 6.07 Å². The molecular weight excluding hydrogens is 237 g/mol. The van der Waals surface area contributed by atoms with Crippen LogP contribution in [0.4, 0.5) is 5.69 Å². The molecule has 0 saturated carbocycles. The Labute approximate surface area is 89.3 Å². The van der Waals surface area contributed by atoms with Crippen molar-refractivity contribution in [2.45, 2.75) is 0 Å². The summed E-state index contributed by atoms with van der Waals surface area (Å²) < 4.78 is 0.764. The van der Waals surface area contributed by atoms with Crippen LogP contribution in [0.2, 0.25) is 5.02 Å². The SMILES string of the molecule is C[N+](C)(C)c1ccccc1Cl.[Br-]. The molecule has 68 valence electrons. The van der Waals surface area contributed by atoms with Gasteiger partial charge in [0.25, 0.3) is 0 Å². The Morgan fingerprint density at radius 1 is 1.08 bits per heavy atom. The third-order valence-electron chi connectivity index (χ3n) is 1.58. The molecule has 1 nitrogen and oxygen atoms in total. The highest BCUT2D eigenvalue weighted by molar-refractivity contribution is 6.33. The molecule has 0 spiro atoms. The Kier molecular flexibility index (Phi) is 4.24. The first-order chi connectivity index (χ1) is 5.02. The number of rotatable bonds is 1. The van der Waals surface area contributed by atoms with Gasteiger partial charge >= 0.3 is 0 Å². The van der Waals surface area contributed by atoms with Crippen molar-refractivity contribution in [1.82, 2.24) is 4.48 Å². The average molecular weight is 251 g/mol. The van der Waals surface area contributed by atoms with E-state index in [4.69, 9.17) is 11.6 Å². The van der Waals surface area contributed by atoms with Crippen LogP contribution >= 0.6 is 11.6 Å². The lowest BCUT2D eigenvalue weighted by atomic mass is 10.3. The van der Waals surface area contributed by atoms with Gasteiger partial charge in [0.05, 0.1) is 21.1 Å². The number of para-hydroxylation sites is 1. The molecule has 0 atom stereocenters. The van der Waals surface area contributed by atoms with Crippen LogP contribution in [0.5, 0.6) is 0 Å².